The number of thiocarbonyl (C=S) groups is 1. The Hall–Kier alpha value is -2.63. The Labute approximate surface area is 187 Å². The van der Waals surface area contributed by atoms with Crippen LogP contribution in [0.4, 0.5) is 5.13 Å². The normalized spacial score (nSPS) is 14.9. The van der Waals surface area contributed by atoms with Crippen LogP contribution in [0, 0.1) is 0 Å². The van der Waals surface area contributed by atoms with E-state index in [9.17, 15) is 9.59 Å². The Morgan fingerprint density at radius 3 is 2.50 bits per heavy atom. The average molecular weight is 466 g/mol. The zero-order chi connectivity index (χ0) is 21.7. The molecule has 1 aliphatic heterocycles. The molecular formula is C19H19N3O5S3. The number of rotatable bonds is 8. The molecule has 1 saturated heterocycles. The molecule has 1 aromatic carbocycles. The minimum Gasteiger partial charge on any atom is -0.493 e. The van der Waals surface area contributed by atoms with Crippen molar-refractivity contribution in [2.75, 3.05) is 33.2 Å². The van der Waals surface area contributed by atoms with Crippen LogP contribution in [0.3, 0.4) is 0 Å². The van der Waals surface area contributed by atoms with Crippen molar-refractivity contribution in [1.82, 2.24) is 9.88 Å². The molecule has 1 N–H and O–H groups in total. The van der Waals surface area contributed by atoms with Gasteiger partial charge in [0.2, 0.25) is 11.7 Å². The maximum absolute atomic E-state index is 12.8. The molecule has 0 aliphatic carbocycles. The van der Waals surface area contributed by atoms with Crippen molar-refractivity contribution >= 4 is 62.7 Å². The number of amides is 2. The molecule has 0 atom stereocenters. The van der Waals surface area contributed by atoms with Gasteiger partial charge in [-0.1, -0.05) is 24.0 Å². The Morgan fingerprint density at radius 1 is 1.23 bits per heavy atom. The second-order valence-electron chi connectivity index (χ2n) is 5.93. The lowest BCUT2D eigenvalue weighted by Crippen LogP contribution is -2.31. The third-order valence-corrected chi connectivity index (χ3v) is 6.17. The van der Waals surface area contributed by atoms with E-state index < -0.39 is 0 Å². The maximum atomic E-state index is 12.8. The predicted molar refractivity (Wildman–Crippen MR) is 121 cm³/mol. The van der Waals surface area contributed by atoms with E-state index in [1.807, 2.05) is 0 Å². The summed E-state index contributed by atoms with van der Waals surface area (Å²) in [6.07, 6.45) is 3.43. The second kappa shape index (κ2) is 9.92. The molecule has 2 amide bonds. The first kappa shape index (κ1) is 22.1. The number of nitrogens with zero attached hydrogens (tertiary/aromatic N) is 2. The van der Waals surface area contributed by atoms with Crippen LogP contribution in [0.25, 0.3) is 6.08 Å². The molecule has 30 heavy (non-hydrogen) atoms. The third kappa shape index (κ3) is 4.91. The third-order valence-electron chi connectivity index (χ3n) is 4.10. The van der Waals surface area contributed by atoms with E-state index in [4.69, 9.17) is 26.4 Å². The molecule has 2 aromatic rings. The first-order valence-corrected chi connectivity index (χ1v) is 10.8. The van der Waals surface area contributed by atoms with Crippen LogP contribution in [0.5, 0.6) is 17.2 Å². The van der Waals surface area contributed by atoms with Crippen LogP contribution < -0.4 is 19.5 Å². The number of nitrogens with one attached hydrogen (secondary N) is 1. The van der Waals surface area contributed by atoms with Gasteiger partial charge in [-0.15, -0.1) is 11.3 Å². The van der Waals surface area contributed by atoms with Gasteiger partial charge in [0.25, 0.3) is 5.91 Å². The highest BCUT2D eigenvalue weighted by Gasteiger charge is 2.32. The van der Waals surface area contributed by atoms with Crippen LogP contribution in [-0.2, 0) is 9.59 Å². The molecule has 0 saturated carbocycles. The number of methoxy groups -OCH3 is 3. The van der Waals surface area contributed by atoms with Crippen molar-refractivity contribution in [3.63, 3.8) is 0 Å². The van der Waals surface area contributed by atoms with Crippen LogP contribution in [0.2, 0.25) is 0 Å². The van der Waals surface area contributed by atoms with Gasteiger partial charge < -0.3 is 19.5 Å². The van der Waals surface area contributed by atoms with Crippen molar-refractivity contribution < 1.29 is 23.8 Å². The summed E-state index contributed by atoms with van der Waals surface area (Å²) in [6, 6.07) is 3.49. The van der Waals surface area contributed by atoms with Gasteiger partial charge in [0, 0.05) is 24.5 Å². The summed E-state index contributed by atoms with van der Waals surface area (Å²) >= 11 is 7.84. The molecule has 11 heteroatoms. The number of benzene rings is 1. The van der Waals surface area contributed by atoms with Gasteiger partial charge in [-0.3, -0.25) is 14.5 Å². The van der Waals surface area contributed by atoms with Crippen LogP contribution >= 0.6 is 35.3 Å². The zero-order valence-electron chi connectivity index (χ0n) is 16.5. The van der Waals surface area contributed by atoms with Crippen molar-refractivity contribution in [3.05, 3.63) is 34.2 Å². The van der Waals surface area contributed by atoms with Crippen molar-refractivity contribution in [2.24, 2.45) is 0 Å². The largest absolute Gasteiger partial charge is 0.493 e. The topological polar surface area (TPSA) is 90.0 Å². The Bertz CT molecular complexity index is 966. The number of thiazole rings is 1. The van der Waals surface area contributed by atoms with Gasteiger partial charge in [-0.25, -0.2) is 4.98 Å². The number of anilines is 1. The summed E-state index contributed by atoms with van der Waals surface area (Å²) in [5, 5.41) is 4.98. The summed E-state index contributed by atoms with van der Waals surface area (Å²) in [5.41, 5.74) is 0.700. The van der Waals surface area contributed by atoms with E-state index in [1.165, 1.54) is 49.3 Å². The fourth-order valence-corrected chi connectivity index (χ4v) is 4.56. The molecule has 1 aliphatic rings. The van der Waals surface area contributed by atoms with Gasteiger partial charge in [0.15, 0.2) is 16.6 Å². The fraction of sp³-hybridized carbons (Fsp3) is 0.263. The molecular weight excluding hydrogens is 446 g/mol. The van der Waals surface area contributed by atoms with Gasteiger partial charge in [0.1, 0.15) is 4.32 Å². The van der Waals surface area contributed by atoms with E-state index in [2.05, 4.69) is 10.3 Å². The van der Waals surface area contributed by atoms with E-state index in [1.54, 1.807) is 29.8 Å². The highest BCUT2D eigenvalue weighted by molar-refractivity contribution is 8.26. The molecule has 2 heterocycles. The van der Waals surface area contributed by atoms with Crippen LogP contribution in [0.1, 0.15) is 12.0 Å². The number of aromatic nitrogens is 1. The molecule has 8 nitrogen and oxygen atoms in total. The number of ether oxygens (including phenoxy) is 3. The van der Waals surface area contributed by atoms with Gasteiger partial charge in [-0.05, 0) is 23.8 Å². The molecule has 0 unspecified atom stereocenters. The molecule has 0 spiro atoms. The second-order valence-corrected chi connectivity index (χ2v) is 8.50. The smallest absolute Gasteiger partial charge is 0.266 e. The summed E-state index contributed by atoms with van der Waals surface area (Å²) in [6.45, 7) is 0.189. The lowest BCUT2D eigenvalue weighted by molar-refractivity contribution is -0.122. The Kier molecular flexibility index (Phi) is 7.29. The lowest BCUT2D eigenvalue weighted by atomic mass is 10.1. The van der Waals surface area contributed by atoms with Gasteiger partial charge >= 0.3 is 0 Å². The lowest BCUT2D eigenvalue weighted by Gasteiger charge is -2.14. The molecule has 0 bridgehead atoms. The van der Waals surface area contributed by atoms with Crippen LogP contribution in [0.15, 0.2) is 28.6 Å². The zero-order valence-corrected chi connectivity index (χ0v) is 18.9. The summed E-state index contributed by atoms with van der Waals surface area (Å²) < 4.78 is 16.4. The first-order valence-electron chi connectivity index (χ1n) is 8.71. The summed E-state index contributed by atoms with van der Waals surface area (Å²) in [5.74, 6) is 0.958. The van der Waals surface area contributed by atoms with Crippen LogP contribution in [-0.4, -0.2) is 53.9 Å². The maximum Gasteiger partial charge on any atom is 0.266 e. The highest BCUT2D eigenvalue weighted by atomic mass is 32.2. The number of carbonyl (C=O) groups excluding carboxylic acids is 2. The number of hydrogen-bond acceptors (Lipinski definition) is 9. The van der Waals surface area contributed by atoms with Gasteiger partial charge in [0.05, 0.1) is 26.2 Å². The standard InChI is InChI=1S/C19H19N3O5S3/c1-25-12-8-11(9-13(26-2)16(12)27-3)10-14-17(24)22(19(28)30-14)6-4-15(23)21-18-20-5-7-29-18/h5,7-10H,4,6H2,1-3H3,(H,20,21,23)/b14-10+. The van der Waals surface area contributed by atoms with Crippen molar-refractivity contribution in [2.45, 2.75) is 6.42 Å². The van der Waals surface area contributed by atoms with E-state index >= 15 is 0 Å². The minimum absolute atomic E-state index is 0.115. The average Bonchev–Trinajstić information content (AvgIpc) is 3.33. The minimum atomic E-state index is -0.249. The van der Waals surface area contributed by atoms with Gasteiger partial charge in [-0.2, -0.15) is 0 Å². The summed E-state index contributed by atoms with van der Waals surface area (Å²) in [7, 11) is 4.57. The molecule has 1 aromatic heterocycles. The van der Waals surface area contributed by atoms with E-state index in [0.29, 0.717) is 37.2 Å². The Morgan fingerprint density at radius 2 is 1.93 bits per heavy atom. The SMILES string of the molecule is COc1cc(/C=C2/SC(=S)N(CCC(=O)Nc3nccs3)C2=O)cc(OC)c1OC. The molecule has 158 valence electrons. The molecule has 1 fully saturated rings. The fourth-order valence-electron chi connectivity index (χ4n) is 2.71. The number of thioether (sulfide) groups is 1. The first-order chi connectivity index (χ1) is 14.5. The number of hydrogen-bond donors (Lipinski definition) is 1. The monoisotopic (exact) mass is 465 g/mol. The summed E-state index contributed by atoms with van der Waals surface area (Å²) in [4.78, 5) is 30.7. The molecule has 3 rings (SSSR count). The highest BCUT2D eigenvalue weighted by Crippen LogP contribution is 2.40. The van der Waals surface area contributed by atoms with Crippen molar-refractivity contribution in [3.8, 4) is 17.2 Å². The molecule has 0 radical (unpaired) electrons. The number of carbonyl (C=O) groups is 2. The quantitative estimate of drug-likeness (QED) is 0.469. The van der Waals surface area contributed by atoms with E-state index in [0.717, 1.165) is 0 Å². The predicted octanol–water partition coefficient (Wildman–Crippen LogP) is 3.40. The van der Waals surface area contributed by atoms with E-state index in [-0.39, 0.29) is 24.8 Å². The van der Waals surface area contributed by atoms with Crippen molar-refractivity contribution in [1.29, 1.82) is 0 Å². The Balaban J connectivity index is 1.72.